The van der Waals surface area contributed by atoms with Crippen molar-refractivity contribution in [2.45, 2.75) is 32.0 Å². The zero-order valence-corrected chi connectivity index (χ0v) is 13.4. The Morgan fingerprint density at radius 2 is 1.87 bits per heavy atom. The van der Waals surface area contributed by atoms with Crippen LogP contribution in [0.1, 0.15) is 29.3 Å². The van der Waals surface area contributed by atoms with Crippen LogP contribution in [-0.2, 0) is 6.54 Å². The van der Waals surface area contributed by atoms with Gasteiger partial charge < -0.3 is 11.1 Å². The Morgan fingerprint density at radius 1 is 1.17 bits per heavy atom. The average Bonchev–Trinajstić information content (AvgIpc) is 2.88. The van der Waals surface area contributed by atoms with Crippen molar-refractivity contribution in [2.75, 3.05) is 12.3 Å². The lowest BCUT2D eigenvalue weighted by Gasteiger charge is -2.20. The molecule has 23 heavy (non-hydrogen) atoms. The van der Waals surface area contributed by atoms with Gasteiger partial charge in [-0.15, -0.1) is 0 Å². The van der Waals surface area contributed by atoms with Crippen molar-refractivity contribution < 1.29 is 4.79 Å². The molecule has 1 amide bonds. The number of rotatable bonds is 4. The minimum Gasteiger partial charge on any atom is -0.398 e. The van der Waals surface area contributed by atoms with Crippen LogP contribution in [0.15, 0.2) is 54.6 Å². The predicted molar refractivity (Wildman–Crippen MR) is 93.0 cm³/mol. The number of carbonyl (C=O) groups is 1. The van der Waals surface area contributed by atoms with E-state index < -0.39 is 0 Å². The molecule has 120 valence electrons. The number of carbonyl (C=O) groups excluding carboxylic acids is 1. The summed E-state index contributed by atoms with van der Waals surface area (Å²) in [5.74, 6) is -0.0816. The fourth-order valence-electron chi connectivity index (χ4n) is 3.21. The summed E-state index contributed by atoms with van der Waals surface area (Å²) >= 11 is 0. The maximum atomic E-state index is 12.4. The number of hydrogen-bond acceptors (Lipinski definition) is 3. The van der Waals surface area contributed by atoms with Crippen LogP contribution in [0.4, 0.5) is 5.69 Å². The van der Waals surface area contributed by atoms with Crippen LogP contribution in [0.5, 0.6) is 0 Å². The lowest BCUT2D eigenvalue weighted by molar-refractivity contribution is 0.0938. The highest BCUT2D eigenvalue weighted by molar-refractivity contribution is 5.99. The van der Waals surface area contributed by atoms with Gasteiger partial charge in [-0.2, -0.15) is 0 Å². The van der Waals surface area contributed by atoms with E-state index in [0.29, 0.717) is 17.3 Å². The van der Waals surface area contributed by atoms with Gasteiger partial charge >= 0.3 is 0 Å². The first-order valence-corrected chi connectivity index (χ1v) is 8.07. The number of para-hydroxylation sites is 1. The second kappa shape index (κ2) is 6.84. The molecule has 1 heterocycles. The van der Waals surface area contributed by atoms with Crippen LogP contribution in [0.2, 0.25) is 0 Å². The molecule has 2 aromatic carbocycles. The third-order valence-electron chi connectivity index (χ3n) is 4.47. The zero-order valence-electron chi connectivity index (χ0n) is 13.4. The van der Waals surface area contributed by atoms with E-state index in [1.807, 2.05) is 18.2 Å². The predicted octanol–water partition coefficient (Wildman–Crippen LogP) is 2.66. The minimum absolute atomic E-state index is 0.0816. The average molecular weight is 309 g/mol. The zero-order chi connectivity index (χ0) is 16.2. The normalized spacial score (nSPS) is 21.3. The topological polar surface area (TPSA) is 58.4 Å². The fourth-order valence-corrected chi connectivity index (χ4v) is 3.21. The number of hydrogen-bond donors (Lipinski definition) is 2. The van der Waals surface area contributed by atoms with Crippen LogP contribution < -0.4 is 11.1 Å². The van der Waals surface area contributed by atoms with E-state index in [0.717, 1.165) is 19.5 Å². The molecule has 0 bridgehead atoms. The quantitative estimate of drug-likeness (QED) is 0.854. The van der Waals surface area contributed by atoms with Crippen molar-refractivity contribution >= 4 is 11.6 Å². The Balaban J connectivity index is 1.60. The molecule has 2 atom stereocenters. The first-order valence-electron chi connectivity index (χ1n) is 8.07. The number of likely N-dealkylation sites (tertiary alicyclic amines) is 1. The molecule has 0 saturated carbocycles. The lowest BCUT2D eigenvalue weighted by atomic mass is 10.1. The molecule has 3 rings (SSSR count). The second-order valence-electron chi connectivity index (χ2n) is 6.26. The molecule has 0 aromatic heterocycles. The third kappa shape index (κ3) is 3.71. The van der Waals surface area contributed by atoms with Gasteiger partial charge in [0.25, 0.3) is 5.91 Å². The number of amides is 1. The molecule has 1 saturated heterocycles. The van der Waals surface area contributed by atoms with Crippen LogP contribution >= 0.6 is 0 Å². The molecular weight excluding hydrogens is 286 g/mol. The molecule has 1 aliphatic heterocycles. The van der Waals surface area contributed by atoms with Crippen molar-refractivity contribution in [3.05, 3.63) is 65.7 Å². The van der Waals surface area contributed by atoms with Gasteiger partial charge in [0.2, 0.25) is 0 Å². The molecule has 2 aromatic rings. The van der Waals surface area contributed by atoms with E-state index in [4.69, 9.17) is 5.73 Å². The molecule has 4 heteroatoms. The van der Waals surface area contributed by atoms with E-state index in [-0.39, 0.29) is 11.9 Å². The third-order valence-corrected chi connectivity index (χ3v) is 4.47. The van der Waals surface area contributed by atoms with Crippen LogP contribution in [0.25, 0.3) is 0 Å². The minimum atomic E-state index is -0.0816. The van der Waals surface area contributed by atoms with Gasteiger partial charge in [-0.05, 0) is 31.0 Å². The highest BCUT2D eigenvalue weighted by atomic mass is 16.1. The summed E-state index contributed by atoms with van der Waals surface area (Å²) < 4.78 is 0. The number of nitrogens with one attached hydrogen (secondary N) is 1. The number of benzene rings is 2. The van der Waals surface area contributed by atoms with Crippen LogP contribution in [0, 0.1) is 0 Å². The van der Waals surface area contributed by atoms with E-state index in [1.165, 1.54) is 5.56 Å². The molecular formula is C19H23N3O. The number of nitrogens with two attached hydrogens (primary N) is 1. The summed E-state index contributed by atoms with van der Waals surface area (Å²) in [6, 6.07) is 18.3. The second-order valence-corrected chi connectivity index (χ2v) is 6.26. The van der Waals surface area contributed by atoms with Gasteiger partial charge in [-0.25, -0.2) is 0 Å². The van der Waals surface area contributed by atoms with E-state index >= 15 is 0 Å². The molecule has 0 spiro atoms. The van der Waals surface area contributed by atoms with Gasteiger partial charge in [-0.1, -0.05) is 42.5 Å². The van der Waals surface area contributed by atoms with Gasteiger partial charge in [0.1, 0.15) is 0 Å². The fraction of sp³-hybridized carbons (Fsp3) is 0.316. The van der Waals surface area contributed by atoms with E-state index in [2.05, 4.69) is 41.4 Å². The first-order chi connectivity index (χ1) is 11.1. The Bertz CT molecular complexity index is 671. The summed E-state index contributed by atoms with van der Waals surface area (Å²) in [6.45, 7) is 4.00. The van der Waals surface area contributed by atoms with Crippen LogP contribution in [0.3, 0.4) is 0 Å². The molecule has 1 fully saturated rings. The maximum absolute atomic E-state index is 12.4. The summed E-state index contributed by atoms with van der Waals surface area (Å²) in [5, 5.41) is 3.12. The maximum Gasteiger partial charge on any atom is 0.253 e. The summed E-state index contributed by atoms with van der Waals surface area (Å²) in [6.07, 6.45) is 0.964. The van der Waals surface area contributed by atoms with Gasteiger partial charge in [0.15, 0.2) is 0 Å². The molecule has 2 unspecified atom stereocenters. The highest BCUT2D eigenvalue weighted by Crippen LogP contribution is 2.21. The van der Waals surface area contributed by atoms with E-state index in [9.17, 15) is 4.79 Å². The summed E-state index contributed by atoms with van der Waals surface area (Å²) in [5.41, 5.74) is 8.27. The summed E-state index contributed by atoms with van der Waals surface area (Å²) in [7, 11) is 0. The lowest BCUT2D eigenvalue weighted by Crippen LogP contribution is -2.37. The molecule has 0 aliphatic carbocycles. The largest absolute Gasteiger partial charge is 0.398 e. The van der Waals surface area contributed by atoms with Crippen molar-refractivity contribution in [2.24, 2.45) is 0 Å². The Labute approximate surface area is 137 Å². The number of anilines is 1. The highest BCUT2D eigenvalue weighted by Gasteiger charge is 2.30. The Morgan fingerprint density at radius 3 is 2.61 bits per heavy atom. The number of nitrogen functional groups attached to an aromatic ring is 1. The van der Waals surface area contributed by atoms with E-state index in [1.54, 1.807) is 12.1 Å². The van der Waals surface area contributed by atoms with Crippen molar-refractivity contribution in [3.8, 4) is 0 Å². The molecule has 3 N–H and O–H groups in total. The van der Waals surface area contributed by atoms with Crippen molar-refractivity contribution in [1.82, 2.24) is 10.2 Å². The van der Waals surface area contributed by atoms with Crippen molar-refractivity contribution in [1.29, 1.82) is 0 Å². The summed E-state index contributed by atoms with van der Waals surface area (Å²) in [4.78, 5) is 14.8. The number of nitrogens with zero attached hydrogens (tertiary/aromatic N) is 1. The van der Waals surface area contributed by atoms with Crippen LogP contribution in [-0.4, -0.2) is 29.4 Å². The smallest absolute Gasteiger partial charge is 0.253 e. The Hall–Kier alpha value is -2.33. The van der Waals surface area contributed by atoms with Crippen molar-refractivity contribution in [3.63, 3.8) is 0 Å². The molecule has 1 aliphatic rings. The van der Waals surface area contributed by atoms with Gasteiger partial charge in [-0.3, -0.25) is 9.69 Å². The first kappa shape index (κ1) is 15.6. The van der Waals surface area contributed by atoms with Gasteiger partial charge in [0.05, 0.1) is 5.56 Å². The molecule has 4 nitrogen and oxygen atoms in total. The SMILES string of the molecule is CC1CC(NC(=O)c2ccccc2N)CN1Cc1ccccc1. The molecule has 0 radical (unpaired) electrons. The van der Waals surface area contributed by atoms with Gasteiger partial charge in [0, 0.05) is 30.9 Å². The Kier molecular flexibility index (Phi) is 4.63. The standard InChI is InChI=1S/C19H23N3O/c1-14-11-16(13-22(14)12-15-7-3-2-4-8-15)21-19(23)17-9-5-6-10-18(17)20/h2-10,14,16H,11-13,20H2,1H3,(H,21,23). The monoisotopic (exact) mass is 309 g/mol.